The van der Waals surface area contributed by atoms with Gasteiger partial charge in [-0.1, -0.05) is 40.9 Å². The number of rotatable bonds is 5. The summed E-state index contributed by atoms with van der Waals surface area (Å²) in [5.74, 6) is -1.75. The van der Waals surface area contributed by atoms with Crippen LogP contribution in [0.4, 0.5) is 4.39 Å². The first-order valence-electron chi connectivity index (χ1n) is 6.69. The molecule has 0 saturated carbocycles. The van der Waals surface area contributed by atoms with E-state index in [0.29, 0.717) is 10.6 Å². The number of halogens is 4. The first kappa shape index (κ1) is 18.5. The van der Waals surface area contributed by atoms with Crippen LogP contribution >= 0.6 is 34.8 Å². The van der Waals surface area contributed by atoms with Crippen molar-refractivity contribution in [3.05, 3.63) is 68.4 Å². The number of ether oxygens (including phenoxy) is 1. The maximum Gasteiger partial charge on any atom is 0.340 e. The van der Waals surface area contributed by atoms with Crippen LogP contribution in [0.2, 0.25) is 15.1 Å². The average Bonchev–Trinajstić information content (AvgIpc) is 2.51. The zero-order valence-corrected chi connectivity index (χ0v) is 14.4. The highest BCUT2D eigenvalue weighted by Gasteiger charge is 2.14. The Kier molecular flexibility index (Phi) is 6.43. The monoisotopic (exact) mass is 389 g/mol. The quantitative estimate of drug-likeness (QED) is 0.776. The van der Waals surface area contributed by atoms with Gasteiger partial charge < -0.3 is 10.1 Å². The molecule has 0 fully saturated rings. The van der Waals surface area contributed by atoms with Gasteiger partial charge in [0.05, 0.1) is 10.6 Å². The molecule has 24 heavy (non-hydrogen) atoms. The summed E-state index contributed by atoms with van der Waals surface area (Å²) in [6.07, 6.45) is 0. The molecule has 0 atom stereocenters. The topological polar surface area (TPSA) is 55.4 Å². The number of hydrogen-bond donors (Lipinski definition) is 1. The molecule has 8 heteroatoms. The molecule has 0 saturated heterocycles. The van der Waals surface area contributed by atoms with Crippen molar-refractivity contribution >= 4 is 46.7 Å². The molecule has 0 aliphatic heterocycles. The van der Waals surface area contributed by atoms with E-state index < -0.39 is 24.3 Å². The van der Waals surface area contributed by atoms with E-state index in [4.69, 9.17) is 39.5 Å². The van der Waals surface area contributed by atoms with Gasteiger partial charge in [0.15, 0.2) is 6.61 Å². The van der Waals surface area contributed by atoms with Gasteiger partial charge in [0.2, 0.25) is 0 Å². The maximum atomic E-state index is 12.9. The molecule has 0 aromatic heterocycles. The first-order chi connectivity index (χ1) is 11.4. The van der Waals surface area contributed by atoms with Gasteiger partial charge in [0.1, 0.15) is 5.82 Å². The van der Waals surface area contributed by atoms with E-state index in [1.165, 1.54) is 30.3 Å². The molecule has 2 aromatic carbocycles. The fourth-order valence-electron chi connectivity index (χ4n) is 1.77. The van der Waals surface area contributed by atoms with E-state index >= 15 is 0 Å². The molecule has 0 spiro atoms. The van der Waals surface area contributed by atoms with Crippen LogP contribution in [0.25, 0.3) is 0 Å². The number of benzene rings is 2. The summed E-state index contributed by atoms with van der Waals surface area (Å²) in [7, 11) is 0. The fraction of sp³-hybridized carbons (Fsp3) is 0.125. The Morgan fingerprint density at radius 1 is 1.04 bits per heavy atom. The van der Waals surface area contributed by atoms with Crippen molar-refractivity contribution in [2.75, 3.05) is 6.61 Å². The number of carbonyl (C=O) groups excluding carboxylic acids is 2. The minimum absolute atomic E-state index is 0.0806. The number of carbonyl (C=O) groups is 2. The number of amides is 1. The summed E-state index contributed by atoms with van der Waals surface area (Å²) in [4.78, 5) is 23.6. The van der Waals surface area contributed by atoms with E-state index in [9.17, 15) is 14.0 Å². The lowest BCUT2D eigenvalue weighted by atomic mass is 10.2. The zero-order valence-electron chi connectivity index (χ0n) is 12.1. The second kappa shape index (κ2) is 8.33. The molecule has 0 aliphatic carbocycles. The lowest BCUT2D eigenvalue weighted by molar-refractivity contribution is -0.124. The van der Waals surface area contributed by atoms with Gasteiger partial charge in [0.25, 0.3) is 5.91 Å². The third kappa shape index (κ3) is 5.09. The molecular weight excluding hydrogens is 380 g/mol. The molecule has 2 aromatic rings. The van der Waals surface area contributed by atoms with Gasteiger partial charge in [-0.2, -0.15) is 0 Å². The third-order valence-electron chi connectivity index (χ3n) is 2.98. The van der Waals surface area contributed by atoms with Crippen LogP contribution in [0.15, 0.2) is 36.4 Å². The standard InChI is InChI=1S/C16H11Cl3FNO3/c17-10-2-4-12(14(19)5-10)16(23)24-8-15(22)21-7-9-1-3-11(20)6-13(9)18/h1-6H,7-8H2,(H,21,22). The van der Waals surface area contributed by atoms with Gasteiger partial charge >= 0.3 is 5.97 Å². The Hall–Kier alpha value is -1.82. The van der Waals surface area contributed by atoms with Crippen LogP contribution in [-0.4, -0.2) is 18.5 Å². The molecule has 0 heterocycles. The molecule has 4 nitrogen and oxygen atoms in total. The van der Waals surface area contributed by atoms with Gasteiger partial charge in [-0.25, -0.2) is 9.18 Å². The highest BCUT2D eigenvalue weighted by molar-refractivity contribution is 6.36. The normalized spacial score (nSPS) is 10.3. The molecule has 0 aliphatic rings. The molecule has 2 rings (SSSR count). The number of esters is 1. The molecular formula is C16H11Cl3FNO3. The minimum atomic E-state index is -0.744. The lowest BCUT2D eigenvalue weighted by Crippen LogP contribution is -2.28. The van der Waals surface area contributed by atoms with Crippen molar-refractivity contribution in [3.63, 3.8) is 0 Å². The number of hydrogen-bond acceptors (Lipinski definition) is 3. The van der Waals surface area contributed by atoms with E-state index in [-0.39, 0.29) is 22.2 Å². The van der Waals surface area contributed by atoms with Crippen molar-refractivity contribution in [2.24, 2.45) is 0 Å². The second-order valence-corrected chi connectivity index (χ2v) is 5.96. The van der Waals surface area contributed by atoms with E-state index in [2.05, 4.69) is 5.32 Å². The Balaban J connectivity index is 1.85. The molecule has 0 unspecified atom stereocenters. The van der Waals surface area contributed by atoms with Crippen LogP contribution in [0.5, 0.6) is 0 Å². The van der Waals surface area contributed by atoms with Crippen molar-refractivity contribution in [3.8, 4) is 0 Å². The highest BCUT2D eigenvalue weighted by atomic mass is 35.5. The summed E-state index contributed by atoms with van der Waals surface area (Å²) < 4.78 is 17.8. The smallest absolute Gasteiger partial charge is 0.340 e. The van der Waals surface area contributed by atoms with Crippen molar-refractivity contribution in [2.45, 2.75) is 6.54 Å². The molecule has 0 radical (unpaired) electrons. The largest absolute Gasteiger partial charge is 0.452 e. The summed E-state index contributed by atoms with van der Waals surface area (Å²) in [5, 5.41) is 3.22. The Morgan fingerprint density at radius 2 is 1.79 bits per heavy atom. The van der Waals surface area contributed by atoms with Crippen molar-refractivity contribution < 1.29 is 18.7 Å². The van der Waals surface area contributed by atoms with E-state index in [0.717, 1.165) is 6.07 Å². The van der Waals surface area contributed by atoms with Gasteiger partial charge in [-0.05, 0) is 35.9 Å². The third-order valence-corrected chi connectivity index (χ3v) is 3.88. The minimum Gasteiger partial charge on any atom is -0.452 e. The maximum absolute atomic E-state index is 12.9. The van der Waals surface area contributed by atoms with Crippen LogP contribution < -0.4 is 5.32 Å². The predicted molar refractivity (Wildman–Crippen MR) is 90.0 cm³/mol. The number of nitrogens with one attached hydrogen (secondary N) is 1. The van der Waals surface area contributed by atoms with Gasteiger partial charge in [0, 0.05) is 16.6 Å². The molecule has 0 bridgehead atoms. The summed E-state index contributed by atoms with van der Waals surface area (Å²) in [6, 6.07) is 8.12. The summed E-state index contributed by atoms with van der Waals surface area (Å²) >= 11 is 17.5. The van der Waals surface area contributed by atoms with Crippen LogP contribution in [-0.2, 0) is 16.1 Å². The lowest BCUT2D eigenvalue weighted by Gasteiger charge is -2.09. The SMILES string of the molecule is O=C(COC(=O)c1ccc(Cl)cc1Cl)NCc1ccc(F)cc1Cl. The van der Waals surface area contributed by atoms with Crippen molar-refractivity contribution in [1.82, 2.24) is 5.32 Å². The Bertz CT molecular complexity index is 783. The van der Waals surface area contributed by atoms with Crippen molar-refractivity contribution in [1.29, 1.82) is 0 Å². The summed E-state index contributed by atoms with van der Waals surface area (Å²) in [6.45, 7) is -0.409. The Morgan fingerprint density at radius 3 is 2.46 bits per heavy atom. The summed E-state index contributed by atoms with van der Waals surface area (Å²) in [5.41, 5.74) is 0.647. The molecule has 1 amide bonds. The highest BCUT2D eigenvalue weighted by Crippen LogP contribution is 2.21. The predicted octanol–water partition coefficient (Wildman–Crippen LogP) is 4.26. The molecule has 126 valence electrons. The first-order valence-corrected chi connectivity index (χ1v) is 7.83. The van der Waals surface area contributed by atoms with Crippen LogP contribution in [0.3, 0.4) is 0 Å². The zero-order chi connectivity index (χ0) is 17.7. The Labute approximate surface area is 152 Å². The van der Waals surface area contributed by atoms with Gasteiger partial charge in [-0.3, -0.25) is 4.79 Å². The second-order valence-electron chi connectivity index (χ2n) is 4.71. The van der Waals surface area contributed by atoms with Crippen LogP contribution in [0.1, 0.15) is 15.9 Å². The fourth-order valence-corrected chi connectivity index (χ4v) is 2.49. The van der Waals surface area contributed by atoms with Crippen LogP contribution in [0, 0.1) is 5.82 Å². The molecule has 1 N–H and O–H groups in total. The average molecular weight is 391 g/mol. The van der Waals surface area contributed by atoms with Gasteiger partial charge in [-0.15, -0.1) is 0 Å². The van der Waals surface area contributed by atoms with E-state index in [1.54, 1.807) is 0 Å². The van der Waals surface area contributed by atoms with E-state index in [1.807, 2.05) is 0 Å².